The molecular weight excluding hydrogens is 296 g/mol. The number of nitrogens with one attached hydrogen (secondary N) is 2. The summed E-state index contributed by atoms with van der Waals surface area (Å²) in [4.78, 5) is 36.4. The van der Waals surface area contributed by atoms with Gasteiger partial charge in [-0.3, -0.25) is 14.5 Å². The standard InChI is InChI=1S/C11H16N6O3S/c1-5(7-15-16-9(12)21-7)13-6(18)4-17-8(19)11(2,3)14-10(17)20/h5H,4H2,1-3H3,(H2,12,16)(H,13,18)(H,14,20). The van der Waals surface area contributed by atoms with Crippen molar-refractivity contribution in [3.63, 3.8) is 0 Å². The van der Waals surface area contributed by atoms with Gasteiger partial charge in [-0.1, -0.05) is 11.3 Å². The van der Waals surface area contributed by atoms with Gasteiger partial charge in [0.1, 0.15) is 17.1 Å². The average molecular weight is 312 g/mol. The lowest BCUT2D eigenvalue weighted by atomic mass is 10.1. The third kappa shape index (κ3) is 3.10. The molecule has 114 valence electrons. The average Bonchev–Trinajstić information content (AvgIpc) is 2.87. The lowest BCUT2D eigenvalue weighted by Gasteiger charge is -2.17. The van der Waals surface area contributed by atoms with Crippen LogP contribution in [0.5, 0.6) is 0 Å². The van der Waals surface area contributed by atoms with Gasteiger partial charge >= 0.3 is 6.03 Å². The lowest BCUT2D eigenvalue weighted by molar-refractivity contribution is -0.134. The number of hydrogen-bond acceptors (Lipinski definition) is 7. The molecule has 1 unspecified atom stereocenters. The quantitative estimate of drug-likeness (QED) is 0.650. The normalized spacial score (nSPS) is 18.5. The van der Waals surface area contributed by atoms with Crippen LogP contribution >= 0.6 is 11.3 Å². The van der Waals surface area contributed by atoms with Crippen molar-refractivity contribution in [2.45, 2.75) is 32.4 Å². The highest BCUT2D eigenvalue weighted by Crippen LogP contribution is 2.19. The van der Waals surface area contributed by atoms with Crippen LogP contribution in [0, 0.1) is 0 Å². The van der Waals surface area contributed by atoms with Crippen LogP contribution in [-0.4, -0.2) is 45.0 Å². The lowest BCUT2D eigenvalue weighted by Crippen LogP contribution is -2.43. The van der Waals surface area contributed by atoms with Gasteiger partial charge in [-0.05, 0) is 20.8 Å². The van der Waals surface area contributed by atoms with Crippen molar-refractivity contribution in [3.05, 3.63) is 5.01 Å². The van der Waals surface area contributed by atoms with Crippen molar-refractivity contribution >= 4 is 34.3 Å². The number of anilines is 1. The molecule has 4 amide bonds. The second-order valence-electron chi connectivity index (χ2n) is 5.21. The number of nitrogens with two attached hydrogens (primary N) is 1. The third-order valence-electron chi connectivity index (χ3n) is 2.95. The van der Waals surface area contributed by atoms with Crippen molar-refractivity contribution in [2.75, 3.05) is 12.3 Å². The molecule has 10 heteroatoms. The monoisotopic (exact) mass is 312 g/mol. The Bertz CT molecular complexity index is 599. The Morgan fingerprint density at radius 2 is 2.14 bits per heavy atom. The van der Waals surface area contributed by atoms with Crippen molar-refractivity contribution in [3.8, 4) is 0 Å². The molecule has 1 fully saturated rings. The first-order chi connectivity index (χ1) is 9.70. The first-order valence-corrected chi connectivity index (χ1v) is 7.04. The maximum absolute atomic E-state index is 12.0. The zero-order valence-electron chi connectivity index (χ0n) is 11.8. The van der Waals surface area contributed by atoms with E-state index in [1.54, 1.807) is 20.8 Å². The summed E-state index contributed by atoms with van der Waals surface area (Å²) < 4.78 is 0. The first-order valence-electron chi connectivity index (χ1n) is 6.23. The second-order valence-corrected chi connectivity index (χ2v) is 6.25. The minimum atomic E-state index is -0.989. The fourth-order valence-electron chi connectivity index (χ4n) is 1.88. The maximum Gasteiger partial charge on any atom is 0.325 e. The van der Waals surface area contributed by atoms with Crippen molar-refractivity contribution in [1.29, 1.82) is 0 Å². The van der Waals surface area contributed by atoms with Crippen LogP contribution in [0.1, 0.15) is 31.8 Å². The SMILES string of the molecule is CC(NC(=O)CN1C(=O)NC(C)(C)C1=O)c1nnc(N)s1. The molecular formula is C11H16N6O3S. The third-order valence-corrected chi connectivity index (χ3v) is 3.89. The van der Waals surface area contributed by atoms with Crippen LogP contribution in [0.3, 0.4) is 0 Å². The smallest absolute Gasteiger partial charge is 0.325 e. The minimum Gasteiger partial charge on any atom is -0.374 e. The number of urea groups is 1. The van der Waals surface area contributed by atoms with Gasteiger partial charge in [0.25, 0.3) is 5.91 Å². The van der Waals surface area contributed by atoms with E-state index in [9.17, 15) is 14.4 Å². The largest absolute Gasteiger partial charge is 0.374 e. The summed E-state index contributed by atoms with van der Waals surface area (Å²) in [6.45, 7) is 4.54. The summed E-state index contributed by atoms with van der Waals surface area (Å²) in [5.41, 5.74) is 4.48. The van der Waals surface area contributed by atoms with Gasteiger partial charge in [-0.25, -0.2) is 4.79 Å². The molecule has 9 nitrogen and oxygen atoms in total. The van der Waals surface area contributed by atoms with E-state index in [2.05, 4.69) is 20.8 Å². The molecule has 1 atom stereocenters. The van der Waals surface area contributed by atoms with Crippen LogP contribution in [0.25, 0.3) is 0 Å². The number of aromatic nitrogens is 2. The molecule has 21 heavy (non-hydrogen) atoms. The summed E-state index contributed by atoms with van der Waals surface area (Å²) >= 11 is 1.16. The molecule has 0 aromatic carbocycles. The van der Waals surface area contributed by atoms with Crippen LogP contribution in [0.2, 0.25) is 0 Å². The van der Waals surface area contributed by atoms with E-state index in [4.69, 9.17) is 5.73 Å². The van der Waals surface area contributed by atoms with Gasteiger partial charge in [0.15, 0.2) is 0 Å². The molecule has 0 bridgehead atoms. The van der Waals surface area contributed by atoms with Crippen LogP contribution in [0.4, 0.5) is 9.93 Å². The minimum absolute atomic E-state index is 0.307. The first kappa shape index (κ1) is 15.2. The zero-order chi connectivity index (χ0) is 15.8. The second kappa shape index (κ2) is 5.28. The van der Waals surface area contributed by atoms with Crippen LogP contribution in [0.15, 0.2) is 0 Å². The molecule has 1 aliphatic rings. The number of nitrogen functional groups attached to an aromatic ring is 1. The topological polar surface area (TPSA) is 130 Å². The number of carbonyl (C=O) groups is 3. The Labute approximate surface area is 124 Å². The molecule has 1 aromatic heterocycles. The highest BCUT2D eigenvalue weighted by molar-refractivity contribution is 7.15. The van der Waals surface area contributed by atoms with Crippen molar-refractivity contribution in [1.82, 2.24) is 25.7 Å². The van der Waals surface area contributed by atoms with Gasteiger partial charge in [-0.15, -0.1) is 10.2 Å². The number of amides is 4. The van der Waals surface area contributed by atoms with E-state index in [1.807, 2.05) is 0 Å². The van der Waals surface area contributed by atoms with E-state index in [0.717, 1.165) is 16.2 Å². The van der Waals surface area contributed by atoms with Crippen LogP contribution < -0.4 is 16.4 Å². The maximum atomic E-state index is 12.0. The molecule has 2 heterocycles. The van der Waals surface area contributed by atoms with E-state index >= 15 is 0 Å². The number of carbonyl (C=O) groups excluding carboxylic acids is 3. The van der Waals surface area contributed by atoms with E-state index in [-0.39, 0.29) is 6.54 Å². The number of hydrogen-bond donors (Lipinski definition) is 3. The number of imide groups is 1. The molecule has 2 rings (SSSR count). The molecule has 4 N–H and O–H groups in total. The summed E-state index contributed by atoms with van der Waals surface area (Å²) in [5, 5.41) is 13.5. The Morgan fingerprint density at radius 1 is 1.48 bits per heavy atom. The molecule has 1 aliphatic heterocycles. The number of rotatable bonds is 4. The van der Waals surface area contributed by atoms with Gasteiger partial charge in [0, 0.05) is 0 Å². The predicted molar refractivity (Wildman–Crippen MR) is 75.2 cm³/mol. The fourth-order valence-corrected chi connectivity index (χ4v) is 2.49. The van der Waals surface area contributed by atoms with Crippen LogP contribution in [-0.2, 0) is 9.59 Å². The fraction of sp³-hybridized carbons (Fsp3) is 0.545. The molecule has 0 saturated carbocycles. The van der Waals surface area contributed by atoms with Crippen molar-refractivity contribution < 1.29 is 14.4 Å². The Kier molecular flexibility index (Phi) is 3.81. The van der Waals surface area contributed by atoms with Gasteiger partial charge in [0.2, 0.25) is 11.0 Å². The van der Waals surface area contributed by atoms with E-state index < -0.39 is 29.4 Å². The Balaban J connectivity index is 1.96. The molecule has 0 radical (unpaired) electrons. The highest BCUT2D eigenvalue weighted by Gasteiger charge is 2.44. The zero-order valence-corrected chi connectivity index (χ0v) is 12.7. The predicted octanol–water partition coefficient (Wildman–Crippen LogP) is -0.372. The summed E-state index contributed by atoms with van der Waals surface area (Å²) in [6, 6.07) is -0.978. The van der Waals surface area contributed by atoms with Gasteiger partial charge in [-0.2, -0.15) is 0 Å². The van der Waals surface area contributed by atoms with Gasteiger partial charge in [0.05, 0.1) is 6.04 Å². The summed E-state index contributed by atoms with van der Waals surface area (Å²) in [7, 11) is 0. The molecule has 1 aromatic rings. The van der Waals surface area contributed by atoms with Gasteiger partial charge < -0.3 is 16.4 Å². The summed E-state index contributed by atoms with van der Waals surface area (Å²) in [6.07, 6.45) is 0. The Morgan fingerprint density at radius 3 is 2.62 bits per heavy atom. The highest BCUT2D eigenvalue weighted by atomic mass is 32.1. The van der Waals surface area contributed by atoms with E-state index in [1.165, 1.54) is 0 Å². The molecule has 0 spiro atoms. The van der Waals surface area contributed by atoms with E-state index in [0.29, 0.717) is 10.1 Å². The Hall–Kier alpha value is -2.23. The van der Waals surface area contributed by atoms with Crippen molar-refractivity contribution in [2.24, 2.45) is 0 Å². The summed E-state index contributed by atoms with van der Waals surface area (Å²) in [5.74, 6) is -0.895. The molecule has 0 aliphatic carbocycles. The number of nitrogens with zero attached hydrogens (tertiary/aromatic N) is 3. The molecule has 1 saturated heterocycles.